The molecule has 3 heteroatoms. The van der Waals surface area contributed by atoms with E-state index in [2.05, 4.69) is 23.0 Å². The van der Waals surface area contributed by atoms with Gasteiger partial charge in [-0.25, -0.2) is 9.97 Å². The number of rotatable bonds is 3. The molecule has 0 unspecified atom stereocenters. The number of aryl methyl sites for hydroxylation is 1. The van der Waals surface area contributed by atoms with Gasteiger partial charge in [-0.3, -0.25) is 0 Å². The number of hydrogen-bond acceptors (Lipinski definition) is 3. The van der Waals surface area contributed by atoms with Crippen LogP contribution in [0.1, 0.15) is 37.6 Å². The second kappa shape index (κ2) is 3.38. The summed E-state index contributed by atoms with van der Waals surface area (Å²) in [6.45, 7) is 2.12. The van der Waals surface area contributed by atoms with Gasteiger partial charge in [0.05, 0.1) is 17.2 Å². The van der Waals surface area contributed by atoms with E-state index in [9.17, 15) is 0 Å². The Hall–Kier alpha value is -1.43. The molecule has 72 valence electrons. The van der Waals surface area contributed by atoms with Crippen molar-refractivity contribution in [1.82, 2.24) is 9.97 Å². The Morgan fingerprint density at radius 3 is 2.86 bits per heavy atom. The van der Waals surface area contributed by atoms with E-state index in [0.29, 0.717) is 0 Å². The lowest BCUT2D eigenvalue weighted by molar-refractivity contribution is 0.807. The summed E-state index contributed by atoms with van der Waals surface area (Å²) in [6, 6.07) is 4.33. The average molecular weight is 187 g/mol. The highest BCUT2D eigenvalue weighted by atomic mass is 14.9. The second-order valence-corrected chi connectivity index (χ2v) is 3.84. The fraction of sp³-hybridized carbons (Fsp3) is 0.545. The molecule has 1 heterocycles. The van der Waals surface area contributed by atoms with Crippen LogP contribution in [-0.2, 0) is 11.8 Å². The van der Waals surface area contributed by atoms with Crippen molar-refractivity contribution in [3.8, 4) is 6.07 Å². The highest BCUT2D eigenvalue weighted by Crippen LogP contribution is 2.46. The molecule has 0 spiro atoms. The lowest BCUT2D eigenvalue weighted by atomic mass is 10.0. The van der Waals surface area contributed by atoms with E-state index in [1.807, 2.05) is 6.07 Å². The summed E-state index contributed by atoms with van der Waals surface area (Å²) in [5.74, 6) is 0. The molecule has 1 aromatic heterocycles. The highest BCUT2D eigenvalue weighted by Gasteiger charge is 2.46. The van der Waals surface area contributed by atoms with Crippen LogP contribution in [0.4, 0.5) is 0 Å². The van der Waals surface area contributed by atoms with Gasteiger partial charge >= 0.3 is 0 Å². The molecule has 0 aliphatic heterocycles. The quantitative estimate of drug-likeness (QED) is 0.727. The largest absolute Gasteiger partial charge is 0.241 e. The van der Waals surface area contributed by atoms with Crippen molar-refractivity contribution in [2.45, 2.75) is 38.0 Å². The van der Waals surface area contributed by atoms with Crippen LogP contribution in [-0.4, -0.2) is 9.97 Å². The van der Waals surface area contributed by atoms with Gasteiger partial charge in [0.1, 0.15) is 6.33 Å². The molecule has 0 aromatic carbocycles. The molecule has 1 saturated carbocycles. The Morgan fingerprint density at radius 1 is 1.50 bits per heavy atom. The minimum absolute atomic E-state index is 0.272. The summed E-state index contributed by atoms with van der Waals surface area (Å²) in [5, 5.41) is 9.02. The van der Waals surface area contributed by atoms with Crippen LogP contribution in [0.2, 0.25) is 0 Å². The number of nitrogens with zero attached hydrogens (tertiary/aromatic N) is 3. The van der Waals surface area contributed by atoms with Crippen molar-refractivity contribution >= 4 is 0 Å². The van der Waals surface area contributed by atoms with Gasteiger partial charge in [0.25, 0.3) is 0 Å². The van der Waals surface area contributed by atoms with E-state index in [0.717, 1.165) is 37.1 Å². The van der Waals surface area contributed by atoms with E-state index in [4.69, 9.17) is 5.26 Å². The minimum Gasteiger partial charge on any atom is -0.241 e. The summed E-state index contributed by atoms with van der Waals surface area (Å²) in [5.41, 5.74) is 1.70. The molecular formula is C11H13N3. The number of aromatic nitrogens is 2. The molecule has 1 aliphatic carbocycles. The van der Waals surface area contributed by atoms with E-state index in [1.165, 1.54) is 0 Å². The summed E-state index contributed by atoms with van der Waals surface area (Å²) in [6.07, 6.45) is 5.53. The maximum absolute atomic E-state index is 9.02. The number of nitriles is 1. The lowest BCUT2D eigenvalue weighted by Crippen LogP contribution is -2.07. The van der Waals surface area contributed by atoms with Crippen LogP contribution in [0.3, 0.4) is 0 Å². The fourth-order valence-electron chi connectivity index (χ4n) is 1.60. The Morgan fingerprint density at radius 2 is 2.29 bits per heavy atom. The van der Waals surface area contributed by atoms with Gasteiger partial charge in [-0.1, -0.05) is 13.3 Å². The zero-order chi connectivity index (χ0) is 10.0. The van der Waals surface area contributed by atoms with Gasteiger partial charge in [-0.15, -0.1) is 0 Å². The predicted octanol–water partition coefficient (Wildman–Crippen LogP) is 1.98. The first-order valence-corrected chi connectivity index (χ1v) is 5.03. The third-order valence-electron chi connectivity index (χ3n) is 2.68. The molecule has 0 atom stereocenters. The molecule has 0 amide bonds. The van der Waals surface area contributed by atoms with E-state index >= 15 is 0 Å². The second-order valence-electron chi connectivity index (χ2n) is 3.84. The first-order valence-electron chi connectivity index (χ1n) is 5.03. The third-order valence-corrected chi connectivity index (χ3v) is 2.68. The molecule has 0 radical (unpaired) electrons. The molecule has 2 rings (SSSR count). The van der Waals surface area contributed by atoms with E-state index in [-0.39, 0.29) is 5.41 Å². The van der Waals surface area contributed by atoms with Crippen molar-refractivity contribution in [1.29, 1.82) is 5.26 Å². The fourth-order valence-corrected chi connectivity index (χ4v) is 1.60. The maximum atomic E-state index is 9.02. The summed E-state index contributed by atoms with van der Waals surface area (Å²) >= 11 is 0. The zero-order valence-electron chi connectivity index (χ0n) is 8.32. The van der Waals surface area contributed by atoms with Crippen LogP contribution in [0.25, 0.3) is 0 Å². The molecule has 0 saturated heterocycles. The van der Waals surface area contributed by atoms with Crippen LogP contribution in [0.15, 0.2) is 12.4 Å². The Bertz CT molecular complexity index is 374. The van der Waals surface area contributed by atoms with Crippen LogP contribution >= 0.6 is 0 Å². The highest BCUT2D eigenvalue weighted by molar-refractivity contribution is 5.34. The Kier molecular flexibility index (Phi) is 2.20. The SMILES string of the molecule is CCCc1cc(C2(C#N)CC2)ncn1. The zero-order valence-corrected chi connectivity index (χ0v) is 8.32. The van der Waals surface area contributed by atoms with Gasteiger partial charge in [0, 0.05) is 5.69 Å². The van der Waals surface area contributed by atoms with Gasteiger partial charge in [0.2, 0.25) is 0 Å². The standard InChI is InChI=1S/C11H13N3/c1-2-3-9-6-10(14-8-13-9)11(7-12)4-5-11/h6,8H,2-5H2,1H3. The van der Waals surface area contributed by atoms with Gasteiger partial charge in [-0.2, -0.15) is 5.26 Å². The Labute approximate surface area is 83.8 Å². The van der Waals surface area contributed by atoms with Gasteiger partial charge in [0.15, 0.2) is 0 Å². The van der Waals surface area contributed by atoms with E-state index < -0.39 is 0 Å². The van der Waals surface area contributed by atoms with Gasteiger partial charge < -0.3 is 0 Å². The first kappa shape index (κ1) is 9.14. The number of hydrogen-bond donors (Lipinski definition) is 0. The van der Waals surface area contributed by atoms with Crippen molar-refractivity contribution in [2.75, 3.05) is 0 Å². The normalized spacial score (nSPS) is 17.4. The molecule has 3 nitrogen and oxygen atoms in total. The molecule has 1 aromatic rings. The first-order chi connectivity index (χ1) is 6.80. The maximum Gasteiger partial charge on any atom is 0.115 e. The average Bonchev–Trinajstić information content (AvgIpc) is 2.99. The lowest BCUT2D eigenvalue weighted by Gasteiger charge is -2.05. The monoisotopic (exact) mass is 187 g/mol. The molecule has 14 heavy (non-hydrogen) atoms. The van der Waals surface area contributed by atoms with Crippen molar-refractivity contribution in [3.63, 3.8) is 0 Å². The van der Waals surface area contributed by atoms with Crippen molar-refractivity contribution in [3.05, 3.63) is 23.8 Å². The molecule has 1 aliphatic rings. The Balaban J connectivity index is 2.27. The van der Waals surface area contributed by atoms with Crippen LogP contribution < -0.4 is 0 Å². The summed E-state index contributed by atoms with van der Waals surface area (Å²) < 4.78 is 0. The minimum atomic E-state index is -0.272. The molecule has 0 N–H and O–H groups in total. The third kappa shape index (κ3) is 1.48. The predicted molar refractivity (Wildman–Crippen MR) is 52.6 cm³/mol. The topological polar surface area (TPSA) is 49.6 Å². The van der Waals surface area contributed by atoms with Crippen LogP contribution in [0, 0.1) is 11.3 Å². The van der Waals surface area contributed by atoms with Crippen LogP contribution in [0.5, 0.6) is 0 Å². The molecule has 0 bridgehead atoms. The summed E-state index contributed by atoms with van der Waals surface area (Å²) in [4.78, 5) is 8.38. The van der Waals surface area contributed by atoms with Crippen molar-refractivity contribution < 1.29 is 0 Å². The van der Waals surface area contributed by atoms with Crippen molar-refractivity contribution in [2.24, 2.45) is 0 Å². The van der Waals surface area contributed by atoms with Gasteiger partial charge in [-0.05, 0) is 25.3 Å². The summed E-state index contributed by atoms with van der Waals surface area (Å²) in [7, 11) is 0. The smallest absolute Gasteiger partial charge is 0.115 e. The molecular weight excluding hydrogens is 174 g/mol. The molecule has 1 fully saturated rings. The van der Waals surface area contributed by atoms with E-state index in [1.54, 1.807) is 6.33 Å².